The molecule has 0 radical (unpaired) electrons. The Kier molecular flexibility index (Phi) is 12.2. The van der Waals surface area contributed by atoms with Crippen LogP contribution in [0.15, 0.2) is 36.4 Å². The molecule has 4 N–H and O–H groups in total. The first-order chi connectivity index (χ1) is 16.3. The zero-order chi connectivity index (χ0) is 26.4. The summed E-state index contributed by atoms with van der Waals surface area (Å²) in [5, 5.41) is 40.0. The van der Waals surface area contributed by atoms with Crippen molar-refractivity contribution in [3.63, 3.8) is 0 Å². The number of benzene rings is 3. The van der Waals surface area contributed by atoms with Gasteiger partial charge in [0.1, 0.15) is 17.2 Å². The van der Waals surface area contributed by atoms with Gasteiger partial charge < -0.3 is 20.4 Å². The van der Waals surface area contributed by atoms with Gasteiger partial charge in [-0.05, 0) is 72.1 Å². The Bertz CT molecular complexity index is 1030. The molecule has 0 aliphatic carbocycles. The van der Waals surface area contributed by atoms with E-state index in [1.165, 1.54) is 0 Å². The summed E-state index contributed by atoms with van der Waals surface area (Å²) in [5.41, 5.74) is 8.33. The van der Waals surface area contributed by atoms with Crippen LogP contribution >= 0.6 is 0 Å². The largest absolute Gasteiger partial charge is 0.507 e. The Morgan fingerprint density at radius 2 is 0.778 bits per heavy atom. The molecule has 0 aliphatic heterocycles. The summed E-state index contributed by atoms with van der Waals surface area (Å²) in [4.78, 5) is 2.15. The maximum Gasteiger partial charge on any atom is 0.122 e. The molecule has 0 amide bonds. The van der Waals surface area contributed by atoms with E-state index in [1.807, 2.05) is 77.9 Å². The van der Waals surface area contributed by atoms with Crippen LogP contribution in [0, 0.1) is 41.5 Å². The molecule has 6 heteroatoms. The van der Waals surface area contributed by atoms with Gasteiger partial charge >= 0.3 is 0 Å². The third kappa shape index (κ3) is 8.97. The molecule has 0 bridgehead atoms. The van der Waals surface area contributed by atoms with Gasteiger partial charge in [-0.25, -0.2) is 0 Å². The second-order valence-corrected chi connectivity index (χ2v) is 10.0. The summed E-state index contributed by atoms with van der Waals surface area (Å²) in [6.07, 6.45) is -0.167. The minimum Gasteiger partial charge on any atom is -0.507 e. The van der Waals surface area contributed by atoms with Gasteiger partial charge in [-0.2, -0.15) is 0 Å². The second kappa shape index (κ2) is 13.9. The molecule has 3 rings (SSSR count). The Morgan fingerprint density at radius 1 is 0.556 bits per heavy atom. The number of aliphatic hydroxyl groups excluding tert-OH is 1. The van der Waals surface area contributed by atoms with Crippen molar-refractivity contribution in [3.8, 4) is 17.2 Å². The molecule has 5 nitrogen and oxygen atoms in total. The van der Waals surface area contributed by atoms with Crippen LogP contribution in [0.25, 0.3) is 0 Å². The van der Waals surface area contributed by atoms with E-state index < -0.39 is 0 Å². The fourth-order valence-electron chi connectivity index (χ4n) is 4.40. The van der Waals surface area contributed by atoms with Crippen LogP contribution in [0.4, 0.5) is 0 Å². The maximum absolute atomic E-state index is 10.7. The fraction of sp³-hybridized carbons (Fsp3) is 0.400. The van der Waals surface area contributed by atoms with Crippen LogP contribution in [0.3, 0.4) is 0 Å². The first kappa shape index (κ1) is 31.7. The Hall–Kier alpha value is -2.31. The van der Waals surface area contributed by atoms with Gasteiger partial charge in [0.05, 0.1) is 0 Å². The number of phenolic OH excluding ortho intramolecular Hbond substituents is 3. The number of nitrogens with zero attached hydrogens (tertiary/aromatic N) is 1. The van der Waals surface area contributed by atoms with Crippen LogP contribution in [0.1, 0.15) is 63.9 Å². The number of hydrogen-bond acceptors (Lipinski definition) is 5. The molecule has 0 aromatic heterocycles. The number of hydrogen-bond donors (Lipinski definition) is 4. The summed E-state index contributed by atoms with van der Waals surface area (Å²) in [6.45, 7) is 16.7. The number of aryl methyl sites for hydroxylation is 6. The van der Waals surface area contributed by atoms with Crippen molar-refractivity contribution in [3.05, 3.63) is 86.5 Å². The van der Waals surface area contributed by atoms with Crippen molar-refractivity contribution in [1.29, 1.82) is 0 Å². The molecule has 0 unspecified atom stereocenters. The van der Waals surface area contributed by atoms with Crippen molar-refractivity contribution in [1.82, 2.24) is 4.90 Å². The molecule has 194 valence electrons. The third-order valence-corrected chi connectivity index (χ3v) is 5.75. The average molecular weight is 528 g/mol. The molecule has 0 atom stereocenters. The predicted octanol–water partition coefficient (Wildman–Crippen LogP) is 6.24. The van der Waals surface area contributed by atoms with Gasteiger partial charge in [-0.1, -0.05) is 53.1 Å². The molecule has 0 saturated carbocycles. The van der Waals surface area contributed by atoms with E-state index in [2.05, 4.69) is 4.90 Å². The van der Waals surface area contributed by atoms with E-state index in [-0.39, 0.29) is 27.8 Å². The zero-order valence-corrected chi connectivity index (χ0v) is 24.5. The van der Waals surface area contributed by atoms with Crippen LogP contribution in [-0.2, 0) is 41.4 Å². The Morgan fingerprint density at radius 3 is 1.00 bits per heavy atom. The number of phenols is 3. The third-order valence-electron chi connectivity index (χ3n) is 5.75. The molecule has 3 aromatic rings. The zero-order valence-electron chi connectivity index (χ0n) is 22.9. The summed E-state index contributed by atoms with van der Waals surface area (Å²) < 4.78 is 0. The average Bonchev–Trinajstić information content (AvgIpc) is 2.72. The van der Waals surface area contributed by atoms with E-state index >= 15 is 0 Å². The van der Waals surface area contributed by atoms with Crippen LogP contribution in [0.2, 0.25) is 0 Å². The topological polar surface area (TPSA) is 84.2 Å². The Labute approximate surface area is 231 Å². The van der Waals surface area contributed by atoms with Crippen molar-refractivity contribution < 1.29 is 42.1 Å². The molecule has 0 aliphatic rings. The SMILES string of the molecule is CC(C)O.Cc1cc(C)c(O)c(CN(Cc2cc(C)cc(C)c2O)Cc2cc(C)cc(C)c2O)c1.[Ti]. The summed E-state index contributed by atoms with van der Waals surface area (Å²) in [7, 11) is 0. The summed E-state index contributed by atoms with van der Waals surface area (Å²) in [5.74, 6) is 0.889. The molecule has 0 fully saturated rings. The Balaban J connectivity index is 0.00000120. The van der Waals surface area contributed by atoms with Crippen LogP contribution in [0.5, 0.6) is 17.2 Å². The van der Waals surface area contributed by atoms with Crippen molar-refractivity contribution in [2.75, 3.05) is 0 Å². The molecule has 0 heterocycles. The number of aliphatic hydroxyl groups is 1. The summed E-state index contributed by atoms with van der Waals surface area (Å²) >= 11 is 0. The van der Waals surface area contributed by atoms with Crippen molar-refractivity contribution in [2.24, 2.45) is 0 Å². The number of aromatic hydroxyl groups is 3. The van der Waals surface area contributed by atoms with Gasteiger partial charge in [-0.15, -0.1) is 0 Å². The van der Waals surface area contributed by atoms with E-state index in [0.717, 1.165) is 50.1 Å². The van der Waals surface area contributed by atoms with Gasteiger partial charge in [0.2, 0.25) is 0 Å². The quantitative estimate of drug-likeness (QED) is 0.285. The van der Waals surface area contributed by atoms with Crippen molar-refractivity contribution in [2.45, 2.75) is 81.1 Å². The van der Waals surface area contributed by atoms with E-state index in [0.29, 0.717) is 36.9 Å². The van der Waals surface area contributed by atoms with Crippen molar-refractivity contribution >= 4 is 0 Å². The van der Waals surface area contributed by atoms with Gasteiger partial charge in [0, 0.05) is 64.1 Å². The van der Waals surface area contributed by atoms with Gasteiger partial charge in [0.25, 0.3) is 0 Å². The maximum atomic E-state index is 10.7. The molecular formula is C30H41NO4Ti. The minimum absolute atomic E-state index is 0. The van der Waals surface area contributed by atoms with E-state index in [9.17, 15) is 15.3 Å². The molecular weight excluding hydrogens is 486 g/mol. The monoisotopic (exact) mass is 527 g/mol. The van der Waals surface area contributed by atoms with E-state index in [4.69, 9.17) is 5.11 Å². The van der Waals surface area contributed by atoms with Gasteiger partial charge in [-0.3, -0.25) is 4.90 Å². The minimum atomic E-state index is -0.167. The first-order valence-corrected chi connectivity index (χ1v) is 12.1. The summed E-state index contributed by atoms with van der Waals surface area (Å²) in [6, 6.07) is 11.9. The standard InChI is InChI=1S/C27H33NO3.C3H8O.Ti/c1-16-7-19(4)25(29)22(10-16)13-28(14-23-11-17(2)8-20(5)26(23)30)15-24-12-18(3)9-21(6)27(24)31;1-3(2)4;/h7-12,29-31H,13-15H2,1-6H3;3-4H,1-2H3;. The molecule has 0 saturated heterocycles. The number of rotatable bonds is 6. The molecule has 0 spiro atoms. The molecule has 3 aromatic carbocycles. The smallest absolute Gasteiger partial charge is 0.122 e. The first-order valence-electron chi connectivity index (χ1n) is 12.1. The predicted molar refractivity (Wildman–Crippen MR) is 143 cm³/mol. The fourth-order valence-corrected chi connectivity index (χ4v) is 4.40. The van der Waals surface area contributed by atoms with E-state index in [1.54, 1.807) is 13.8 Å². The van der Waals surface area contributed by atoms with Gasteiger partial charge in [0.15, 0.2) is 0 Å². The molecule has 36 heavy (non-hydrogen) atoms. The second-order valence-electron chi connectivity index (χ2n) is 10.0. The normalized spacial score (nSPS) is 10.8. The van der Waals surface area contributed by atoms with Crippen LogP contribution in [-0.4, -0.2) is 31.4 Å². The van der Waals surface area contributed by atoms with Crippen LogP contribution < -0.4 is 0 Å².